The van der Waals surface area contributed by atoms with E-state index in [1.165, 1.54) is 0 Å². The molecule has 1 aliphatic heterocycles. The number of rotatable bonds is 2. The number of halogens is 3. The first-order valence-corrected chi connectivity index (χ1v) is 6.43. The summed E-state index contributed by atoms with van der Waals surface area (Å²) in [5, 5.41) is 11.3. The fraction of sp³-hybridized carbons (Fsp3) is 0.833. The van der Waals surface area contributed by atoms with E-state index in [2.05, 4.69) is 0 Å². The van der Waals surface area contributed by atoms with E-state index in [0.717, 1.165) is 4.90 Å². The maximum Gasteiger partial charge on any atom is 0.471 e. The molecule has 1 aliphatic rings. The fourth-order valence-corrected chi connectivity index (χ4v) is 1.94. The lowest BCUT2D eigenvalue weighted by molar-refractivity contribution is -0.173. The normalized spacial score (nSPS) is 23.1. The monoisotopic (exact) mass is 312 g/mol. The Morgan fingerprint density at radius 3 is 2.38 bits per heavy atom. The summed E-state index contributed by atoms with van der Waals surface area (Å²) in [6, 6.07) is -0.735. The van der Waals surface area contributed by atoms with Crippen molar-refractivity contribution < 1.29 is 32.6 Å². The molecule has 2 amide bonds. The maximum atomic E-state index is 12.1. The van der Waals surface area contributed by atoms with Crippen LogP contribution in [-0.2, 0) is 9.53 Å². The number of ether oxygens (including phenoxy) is 1. The summed E-state index contributed by atoms with van der Waals surface area (Å²) in [6.07, 6.45) is -6.48. The number of alkyl halides is 3. The molecule has 1 saturated heterocycles. The second-order valence-electron chi connectivity index (χ2n) is 5.88. The first-order chi connectivity index (χ1) is 9.40. The third kappa shape index (κ3) is 5.41. The Morgan fingerprint density at radius 1 is 1.33 bits per heavy atom. The quantitative estimate of drug-likeness (QED) is 0.798. The lowest BCUT2D eigenvalue weighted by Crippen LogP contribution is -2.47. The number of nitrogens with one attached hydrogen (secondary N) is 1. The number of nitrogens with zero attached hydrogens (tertiary/aromatic N) is 1. The number of aliphatic hydroxyl groups is 1. The van der Waals surface area contributed by atoms with Gasteiger partial charge in [0.15, 0.2) is 0 Å². The van der Waals surface area contributed by atoms with Crippen LogP contribution in [0, 0.1) is 0 Å². The molecule has 21 heavy (non-hydrogen) atoms. The Labute approximate surface area is 120 Å². The number of hydrogen-bond donors (Lipinski definition) is 2. The minimum atomic E-state index is -4.98. The van der Waals surface area contributed by atoms with Gasteiger partial charge < -0.3 is 20.1 Å². The van der Waals surface area contributed by atoms with Crippen molar-refractivity contribution in [1.29, 1.82) is 0 Å². The molecule has 0 unspecified atom stereocenters. The topological polar surface area (TPSA) is 78.9 Å². The Balaban J connectivity index is 2.63. The minimum absolute atomic E-state index is 0.0402. The van der Waals surface area contributed by atoms with E-state index >= 15 is 0 Å². The Kier molecular flexibility index (Phi) is 5.08. The van der Waals surface area contributed by atoms with E-state index in [4.69, 9.17) is 4.74 Å². The molecule has 0 saturated carbocycles. The van der Waals surface area contributed by atoms with Gasteiger partial charge in [-0.2, -0.15) is 13.2 Å². The van der Waals surface area contributed by atoms with Gasteiger partial charge in [0.05, 0.1) is 18.7 Å². The molecule has 2 atom stereocenters. The highest BCUT2D eigenvalue weighted by Crippen LogP contribution is 2.21. The molecular formula is C12H19F3N2O4. The molecule has 1 fully saturated rings. The van der Waals surface area contributed by atoms with Crippen LogP contribution in [0.2, 0.25) is 0 Å². The van der Waals surface area contributed by atoms with Crippen LogP contribution in [0.5, 0.6) is 0 Å². The zero-order valence-corrected chi connectivity index (χ0v) is 12.0. The van der Waals surface area contributed by atoms with Crippen LogP contribution < -0.4 is 5.32 Å². The van der Waals surface area contributed by atoms with Gasteiger partial charge in [-0.1, -0.05) is 0 Å². The third-order valence-electron chi connectivity index (χ3n) is 2.78. The molecule has 1 rings (SSSR count). The molecular weight excluding hydrogens is 293 g/mol. The zero-order chi connectivity index (χ0) is 16.4. The summed E-state index contributed by atoms with van der Waals surface area (Å²) in [7, 11) is 0. The molecule has 122 valence electrons. The van der Waals surface area contributed by atoms with Gasteiger partial charge in [0.2, 0.25) is 0 Å². The number of β-amino-alcohol motifs (C(OH)–C–C–N with tert-alkyl or cyclic N) is 1. The van der Waals surface area contributed by atoms with Crippen LogP contribution >= 0.6 is 0 Å². The lowest BCUT2D eigenvalue weighted by Gasteiger charge is -2.28. The number of amides is 2. The van der Waals surface area contributed by atoms with Gasteiger partial charge in [-0.25, -0.2) is 4.79 Å². The van der Waals surface area contributed by atoms with Crippen molar-refractivity contribution in [2.75, 3.05) is 13.1 Å². The first kappa shape index (κ1) is 17.5. The largest absolute Gasteiger partial charge is 0.471 e. The number of carbonyl (C=O) groups is 2. The van der Waals surface area contributed by atoms with Crippen molar-refractivity contribution in [3.63, 3.8) is 0 Å². The smallest absolute Gasteiger partial charge is 0.444 e. The molecule has 0 radical (unpaired) electrons. The van der Waals surface area contributed by atoms with Gasteiger partial charge in [0.25, 0.3) is 0 Å². The summed E-state index contributed by atoms with van der Waals surface area (Å²) in [5.41, 5.74) is -0.760. The summed E-state index contributed by atoms with van der Waals surface area (Å²) in [6.45, 7) is 4.52. The van der Waals surface area contributed by atoms with Crippen molar-refractivity contribution >= 4 is 12.0 Å². The predicted octanol–water partition coefficient (Wildman–Crippen LogP) is 1.04. The number of hydrogen-bond acceptors (Lipinski definition) is 4. The third-order valence-corrected chi connectivity index (χ3v) is 2.78. The van der Waals surface area contributed by atoms with Gasteiger partial charge in [-0.05, 0) is 27.2 Å². The van der Waals surface area contributed by atoms with Crippen LogP contribution in [0.15, 0.2) is 0 Å². The lowest BCUT2D eigenvalue weighted by atomic mass is 10.2. The Bertz CT molecular complexity index is 406. The van der Waals surface area contributed by atoms with Gasteiger partial charge in [0.1, 0.15) is 5.60 Å². The average molecular weight is 312 g/mol. The molecule has 2 N–H and O–H groups in total. The summed E-state index contributed by atoms with van der Waals surface area (Å²) < 4.78 is 41.4. The molecule has 6 nitrogen and oxygen atoms in total. The Morgan fingerprint density at radius 2 is 1.90 bits per heavy atom. The van der Waals surface area contributed by atoms with E-state index in [1.807, 2.05) is 0 Å². The second kappa shape index (κ2) is 6.08. The average Bonchev–Trinajstić information content (AvgIpc) is 2.63. The van der Waals surface area contributed by atoms with Crippen molar-refractivity contribution in [3.05, 3.63) is 0 Å². The molecule has 1 heterocycles. The van der Waals surface area contributed by atoms with Crippen molar-refractivity contribution in [2.45, 2.75) is 51.1 Å². The molecule has 9 heteroatoms. The number of likely N-dealkylation sites (tertiary alicyclic amines) is 1. The van der Waals surface area contributed by atoms with Crippen molar-refractivity contribution in [3.8, 4) is 0 Å². The van der Waals surface area contributed by atoms with E-state index in [9.17, 15) is 27.9 Å². The predicted molar refractivity (Wildman–Crippen MR) is 66.4 cm³/mol. The highest BCUT2D eigenvalue weighted by atomic mass is 19.4. The molecule has 0 bridgehead atoms. The van der Waals surface area contributed by atoms with Crippen LogP contribution in [-0.4, -0.2) is 59.0 Å². The molecule has 0 spiro atoms. The van der Waals surface area contributed by atoms with Crippen LogP contribution in [0.4, 0.5) is 18.0 Å². The fourth-order valence-electron chi connectivity index (χ4n) is 1.94. The zero-order valence-electron chi connectivity index (χ0n) is 12.0. The number of aliphatic hydroxyl groups excluding tert-OH is 1. The van der Waals surface area contributed by atoms with Gasteiger partial charge >= 0.3 is 18.2 Å². The van der Waals surface area contributed by atoms with Crippen LogP contribution in [0.3, 0.4) is 0 Å². The number of carbonyl (C=O) groups excluding carboxylic acids is 2. The second-order valence-corrected chi connectivity index (χ2v) is 5.88. The SMILES string of the molecule is CC(C)(C)OC(=O)N1C[C@H](O)C[C@@H]1CNC(=O)C(F)(F)F. The summed E-state index contributed by atoms with van der Waals surface area (Å²) in [4.78, 5) is 23.8. The first-order valence-electron chi connectivity index (χ1n) is 6.43. The highest BCUT2D eigenvalue weighted by molar-refractivity contribution is 5.81. The van der Waals surface area contributed by atoms with Gasteiger partial charge in [0, 0.05) is 6.54 Å². The highest BCUT2D eigenvalue weighted by Gasteiger charge is 2.41. The van der Waals surface area contributed by atoms with Crippen molar-refractivity contribution in [1.82, 2.24) is 10.2 Å². The van der Waals surface area contributed by atoms with Gasteiger partial charge in [-0.3, -0.25) is 4.79 Å². The summed E-state index contributed by atoms with van der Waals surface area (Å²) >= 11 is 0. The van der Waals surface area contributed by atoms with Crippen molar-refractivity contribution in [2.24, 2.45) is 0 Å². The van der Waals surface area contributed by atoms with E-state index in [0.29, 0.717) is 0 Å². The molecule has 0 aliphatic carbocycles. The van der Waals surface area contributed by atoms with E-state index in [1.54, 1.807) is 26.1 Å². The van der Waals surface area contributed by atoms with Crippen LogP contribution in [0.25, 0.3) is 0 Å². The maximum absolute atomic E-state index is 12.1. The molecule has 0 aromatic rings. The molecule has 0 aromatic heterocycles. The van der Waals surface area contributed by atoms with E-state index < -0.39 is 42.5 Å². The van der Waals surface area contributed by atoms with E-state index in [-0.39, 0.29) is 13.0 Å². The minimum Gasteiger partial charge on any atom is -0.444 e. The van der Waals surface area contributed by atoms with Gasteiger partial charge in [-0.15, -0.1) is 0 Å². The molecule has 0 aromatic carbocycles. The Hall–Kier alpha value is -1.51. The van der Waals surface area contributed by atoms with Crippen LogP contribution in [0.1, 0.15) is 27.2 Å². The standard InChI is InChI=1S/C12H19F3N2O4/c1-11(2,3)21-10(20)17-6-8(18)4-7(17)5-16-9(19)12(13,14)15/h7-8,18H,4-6H2,1-3H3,(H,16,19)/t7-,8-/m1/s1. The summed E-state index contributed by atoms with van der Waals surface area (Å²) in [5.74, 6) is -2.08.